The molecule has 0 saturated carbocycles. The molecule has 0 heterocycles. The first kappa shape index (κ1) is 21.7. The Labute approximate surface area is 169 Å². The van der Waals surface area contributed by atoms with Gasteiger partial charge < -0.3 is 15.0 Å². The molecule has 0 spiro atoms. The molecule has 2 rings (SSSR count). The number of nitrogens with zero attached hydrogens (tertiary/aromatic N) is 1. The lowest BCUT2D eigenvalue weighted by Gasteiger charge is -2.29. The minimum absolute atomic E-state index is 0.0395. The number of hydrogen-bond acceptors (Lipinski definition) is 3. The summed E-state index contributed by atoms with van der Waals surface area (Å²) in [5.41, 5.74) is 0.325. The van der Waals surface area contributed by atoms with Gasteiger partial charge in [-0.05, 0) is 51.1 Å². The number of rotatable bonds is 8. The zero-order valence-corrected chi connectivity index (χ0v) is 16.9. The molecule has 0 aliphatic carbocycles. The summed E-state index contributed by atoms with van der Waals surface area (Å²) >= 11 is 5.84. The smallest absolute Gasteiger partial charge is 0.261 e. The molecule has 1 atom stereocenters. The number of carbonyl (C=O) groups excluding carboxylic acids is 2. The van der Waals surface area contributed by atoms with Crippen molar-refractivity contribution in [2.45, 2.75) is 39.4 Å². The van der Waals surface area contributed by atoms with Crippen molar-refractivity contribution in [3.05, 3.63) is 64.9 Å². The topological polar surface area (TPSA) is 58.6 Å². The summed E-state index contributed by atoms with van der Waals surface area (Å²) in [5, 5.41) is 3.33. The molecule has 0 aromatic heterocycles. The van der Waals surface area contributed by atoms with E-state index in [1.807, 2.05) is 13.8 Å². The molecule has 2 aromatic rings. The molecule has 5 nitrogen and oxygen atoms in total. The molecule has 28 heavy (non-hydrogen) atoms. The third kappa shape index (κ3) is 6.23. The maximum Gasteiger partial charge on any atom is 0.261 e. The Balaban J connectivity index is 2.15. The summed E-state index contributed by atoms with van der Waals surface area (Å²) in [5.74, 6) is -0.700. The summed E-state index contributed by atoms with van der Waals surface area (Å²) in [4.78, 5) is 26.5. The molecule has 1 N–H and O–H groups in total. The first-order valence-electron chi connectivity index (χ1n) is 8.99. The number of hydrogen-bond donors (Lipinski definition) is 1. The van der Waals surface area contributed by atoms with Crippen LogP contribution in [0.3, 0.4) is 0 Å². The number of halogens is 2. The summed E-state index contributed by atoms with van der Waals surface area (Å²) in [6.45, 7) is 4.95. The van der Waals surface area contributed by atoms with Crippen LogP contribution in [-0.2, 0) is 16.1 Å². The fourth-order valence-electron chi connectivity index (χ4n) is 2.56. The number of nitrogens with one attached hydrogen (secondary N) is 1. The van der Waals surface area contributed by atoms with Gasteiger partial charge in [-0.1, -0.05) is 29.8 Å². The minimum Gasteiger partial charge on any atom is -0.484 e. The van der Waals surface area contributed by atoms with Gasteiger partial charge in [-0.15, -0.1) is 0 Å². The zero-order valence-electron chi connectivity index (χ0n) is 16.1. The molecule has 0 saturated heterocycles. The number of ether oxygens (including phenoxy) is 1. The maximum atomic E-state index is 14.1. The van der Waals surface area contributed by atoms with E-state index in [1.165, 1.54) is 11.0 Å². The van der Waals surface area contributed by atoms with Crippen molar-refractivity contribution in [2.75, 3.05) is 6.61 Å². The van der Waals surface area contributed by atoms with E-state index in [9.17, 15) is 14.0 Å². The summed E-state index contributed by atoms with van der Waals surface area (Å²) < 4.78 is 19.6. The van der Waals surface area contributed by atoms with Crippen LogP contribution in [0.1, 0.15) is 26.3 Å². The summed E-state index contributed by atoms with van der Waals surface area (Å²) in [6, 6.07) is 11.9. The van der Waals surface area contributed by atoms with E-state index in [2.05, 4.69) is 5.32 Å². The molecule has 7 heteroatoms. The molecule has 0 aliphatic heterocycles. The van der Waals surface area contributed by atoms with E-state index in [4.69, 9.17) is 16.3 Å². The van der Waals surface area contributed by atoms with Gasteiger partial charge in [0.1, 0.15) is 17.6 Å². The lowest BCUT2D eigenvalue weighted by Crippen LogP contribution is -2.50. The van der Waals surface area contributed by atoms with Crippen molar-refractivity contribution in [3.8, 4) is 5.75 Å². The lowest BCUT2D eigenvalue weighted by atomic mass is 10.1. The predicted octanol–water partition coefficient (Wildman–Crippen LogP) is 3.80. The van der Waals surface area contributed by atoms with E-state index in [0.717, 1.165) is 0 Å². The van der Waals surface area contributed by atoms with Crippen molar-refractivity contribution in [3.63, 3.8) is 0 Å². The third-order valence-electron chi connectivity index (χ3n) is 4.07. The zero-order chi connectivity index (χ0) is 20.7. The van der Waals surface area contributed by atoms with Crippen molar-refractivity contribution in [1.29, 1.82) is 0 Å². The van der Waals surface area contributed by atoms with Crippen LogP contribution in [0.5, 0.6) is 5.75 Å². The molecule has 0 aliphatic rings. The summed E-state index contributed by atoms with van der Waals surface area (Å²) in [6.07, 6.45) is 0. The fourth-order valence-corrected chi connectivity index (χ4v) is 2.68. The minimum atomic E-state index is -0.789. The Bertz CT molecular complexity index is 812. The van der Waals surface area contributed by atoms with E-state index >= 15 is 0 Å². The van der Waals surface area contributed by atoms with E-state index in [0.29, 0.717) is 16.3 Å². The van der Waals surface area contributed by atoms with Crippen LogP contribution in [0.15, 0.2) is 48.5 Å². The van der Waals surface area contributed by atoms with Crippen LogP contribution < -0.4 is 10.1 Å². The molecule has 0 radical (unpaired) electrons. The van der Waals surface area contributed by atoms with Crippen molar-refractivity contribution in [1.82, 2.24) is 10.2 Å². The number of carbonyl (C=O) groups is 2. The largest absolute Gasteiger partial charge is 0.484 e. The molecular formula is C21H24ClFN2O3. The highest BCUT2D eigenvalue weighted by atomic mass is 35.5. The highest BCUT2D eigenvalue weighted by Crippen LogP contribution is 2.17. The Morgan fingerprint density at radius 2 is 1.75 bits per heavy atom. The second kappa shape index (κ2) is 10.1. The molecule has 0 fully saturated rings. The molecule has 0 unspecified atom stereocenters. The van der Waals surface area contributed by atoms with Crippen molar-refractivity contribution >= 4 is 23.4 Å². The second-order valence-corrected chi connectivity index (χ2v) is 7.13. The maximum absolute atomic E-state index is 14.1. The van der Waals surface area contributed by atoms with E-state index in [1.54, 1.807) is 49.4 Å². The van der Waals surface area contributed by atoms with Gasteiger partial charge in [-0.3, -0.25) is 9.59 Å². The monoisotopic (exact) mass is 406 g/mol. The average Bonchev–Trinajstić information content (AvgIpc) is 2.65. The SMILES string of the molecule is CC(C)NC(=O)[C@@H](C)N(Cc1ccccc1F)C(=O)COc1ccc(Cl)cc1. The van der Waals surface area contributed by atoms with Gasteiger partial charge in [-0.2, -0.15) is 0 Å². The second-order valence-electron chi connectivity index (χ2n) is 6.69. The Morgan fingerprint density at radius 3 is 2.36 bits per heavy atom. The quantitative estimate of drug-likeness (QED) is 0.725. The highest BCUT2D eigenvalue weighted by molar-refractivity contribution is 6.30. The average molecular weight is 407 g/mol. The molecule has 2 aromatic carbocycles. The molecule has 150 valence electrons. The van der Waals surface area contributed by atoms with Crippen LogP contribution >= 0.6 is 11.6 Å². The summed E-state index contributed by atoms with van der Waals surface area (Å²) in [7, 11) is 0. The van der Waals surface area contributed by atoms with Crippen molar-refractivity contribution < 1.29 is 18.7 Å². The Morgan fingerprint density at radius 1 is 1.11 bits per heavy atom. The number of benzene rings is 2. The highest BCUT2D eigenvalue weighted by Gasteiger charge is 2.27. The lowest BCUT2D eigenvalue weighted by molar-refractivity contribution is -0.142. The first-order chi connectivity index (χ1) is 13.3. The van der Waals surface area contributed by atoms with Gasteiger partial charge in [-0.25, -0.2) is 4.39 Å². The van der Waals surface area contributed by atoms with Crippen LogP contribution in [0.4, 0.5) is 4.39 Å². The predicted molar refractivity (Wildman–Crippen MR) is 107 cm³/mol. The standard InChI is InChI=1S/C21H24ClFN2O3/c1-14(2)24-21(27)15(3)25(12-16-6-4-5-7-19(16)23)20(26)13-28-18-10-8-17(22)9-11-18/h4-11,14-15H,12-13H2,1-3H3,(H,24,27)/t15-/m1/s1. The molecular weight excluding hydrogens is 383 g/mol. The van der Waals surface area contributed by atoms with Gasteiger partial charge >= 0.3 is 0 Å². The van der Waals surface area contributed by atoms with Crippen LogP contribution in [0.25, 0.3) is 0 Å². The van der Waals surface area contributed by atoms with Gasteiger partial charge in [0.15, 0.2) is 6.61 Å². The van der Waals surface area contributed by atoms with Crippen LogP contribution in [0.2, 0.25) is 5.02 Å². The van der Waals surface area contributed by atoms with Gasteiger partial charge in [0, 0.05) is 23.2 Å². The normalized spacial score (nSPS) is 11.8. The number of amides is 2. The molecule has 0 bridgehead atoms. The fraction of sp³-hybridized carbons (Fsp3) is 0.333. The van der Waals surface area contributed by atoms with Gasteiger partial charge in [0.05, 0.1) is 0 Å². The molecule has 2 amide bonds. The van der Waals surface area contributed by atoms with E-state index in [-0.39, 0.29) is 25.1 Å². The van der Waals surface area contributed by atoms with E-state index < -0.39 is 17.8 Å². The third-order valence-corrected chi connectivity index (χ3v) is 4.32. The van der Waals surface area contributed by atoms with Gasteiger partial charge in [0.25, 0.3) is 5.91 Å². The van der Waals surface area contributed by atoms with Crippen LogP contribution in [0, 0.1) is 5.82 Å². The first-order valence-corrected chi connectivity index (χ1v) is 9.37. The van der Waals surface area contributed by atoms with Crippen LogP contribution in [-0.4, -0.2) is 35.4 Å². The van der Waals surface area contributed by atoms with Crippen molar-refractivity contribution in [2.24, 2.45) is 0 Å². The Hall–Kier alpha value is -2.60. The Kier molecular flexibility index (Phi) is 7.81. The van der Waals surface area contributed by atoms with Gasteiger partial charge in [0.2, 0.25) is 5.91 Å².